The lowest BCUT2D eigenvalue weighted by Gasteiger charge is -2.00. The van der Waals surface area contributed by atoms with E-state index in [1.54, 1.807) is 13.2 Å². The summed E-state index contributed by atoms with van der Waals surface area (Å²) in [5.74, 6) is 0. The van der Waals surface area contributed by atoms with Gasteiger partial charge < -0.3 is 0 Å². The molecule has 0 N–H and O–H groups in total. The summed E-state index contributed by atoms with van der Waals surface area (Å²) in [5.41, 5.74) is 0. The Hall–Kier alpha value is -1.12. The van der Waals surface area contributed by atoms with Crippen molar-refractivity contribution in [1.82, 2.24) is 5.01 Å². The average Bonchev–Trinajstić information content (AvgIpc) is 1.83. The van der Waals surface area contributed by atoms with Gasteiger partial charge in [-0.05, 0) is 6.72 Å². The second kappa shape index (κ2) is 4.05. The van der Waals surface area contributed by atoms with Crippen molar-refractivity contribution in [2.24, 2.45) is 10.1 Å². The van der Waals surface area contributed by atoms with Crippen LogP contribution in [0, 0.1) is 0 Å². The highest BCUT2D eigenvalue weighted by Crippen LogP contribution is 1.78. The summed E-state index contributed by atoms with van der Waals surface area (Å²) in [6.07, 6.45) is 2.92. The number of hydrogen-bond acceptors (Lipinski definition) is 2. The van der Waals surface area contributed by atoms with E-state index in [-0.39, 0.29) is 0 Å². The molecule has 0 aromatic heterocycles. The Balaban J connectivity index is 3.50. The second-order valence-electron chi connectivity index (χ2n) is 1.17. The van der Waals surface area contributed by atoms with Crippen molar-refractivity contribution in [1.29, 1.82) is 0 Å². The third-order valence-electron chi connectivity index (χ3n) is 0.580. The Kier molecular flexibility index (Phi) is 3.48. The predicted molar refractivity (Wildman–Crippen MR) is 36.0 cm³/mol. The molecule has 0 radical (unpaired) electrons. The molecule has 0 aromatic carbocycles. The first-order valence-corrected chi connectivity index (χ1v) is 2.15. The van der Waals surface area contributed by atoms with E-state index in [9.17, 15) is 0 Å². The van der Waals surface area contributed by atoms with Crippen molar-refractivity contribution < 1.29 is 0 Å². The molecule has 0 amide bonds. The van der Waals surface area contributed by atoms with E-state index >= 15 is 0 Å². The van der Waals surface area contributed by atoms with Gasteiger partial charge in [0.1, 0.15) is 6.34 Å². The van der Waals surface area contributed by atoms with Crippen LogP contribution in [0.15, 0.2) is 22.9 Å². The minimum Gasteiger partial charge on any atom is -0.275 e. The third kappa shape index (κ3) is 3.08. The summed E-state index contributed by atoms with van der Waals surface area (Å²) in [7, 11) is 1.76. The van der Waals surface area contributed by atoms with Gasteiger partial charge in [0.05, 0.1) is 0 Å². The van der Waals surface area contributed by atoms with Gasteiger partial charge in [-0.25, -0.2) is 0 Å². The quantitative estimate of drug-likeness (QED) is 0.299. The monoisotopic (exact) mass is 111 g/mol. The Morgan fingerprint density at radius 2 is 2.25 bits per heavy atom. The van der Waals surface area contributed by atoms with Crippen molar-refractivity contribution in [2.45, 2.75) is 0 Å². The van der Waals surface area contributed by atoms with Gasteiger partial charge in [-0.1, -0.05) is 6.58 Å². The molecule has 0 heterocycles. The Bertz CT molecular complexity index is 106. The smallest absolute Gasteiger partial charge is 0.135 e. The molecule has 0 atom stereocenters. The summed E-state index contributed by atoms with van der Waals surface area (Å²) in [6, 6.07) is 0. The SMILES string of the molecule is C=CN(C)/N=C\N=C. The van der Waals surface area contributed by atoms with Gasteiger partial charge in [-0.3, -0.25) is 10.0 Å². The maximum atomic E-state index is 3.72. The van der Waals surface area contributed by atoms with E-state index < -0.39 is 0 Å². The standard InChI is InChI=1S/C5H9N3/c1-4-8(3)7-5-6-2/h4-5H,1-2H2,3H3/b7-5-. The zero-order valence-corrected chi connectivity index (χ0v) is 4.91. The highest BCUT2D eigenvalue weighted by Gasteiger charge is 1.73. The van der Waals surface area contributed by atoms with Gasteiger partial charge in [-0.15, -0.1) is 0 Å². The zero-order valence-electron chi connectivity index (χ0n) is 4.91. The fourth-order valence-corrected chi connectivity index (χ4v) is 0.165. The van der Waals surface area contributed by atoms with Crippen molar-refractivity contribution in [2.75, 3.05) is 7.05 Å². The molecule has 0 unspecified atom stereocenters. The predicted octanol–water partition coefficient (Wildman–Crippen LogP) is 0.706. The normalized spacial score (nSPS) is 9.12. The number of aliphatic imine (C=N–C) groups is 1. The van der Waals surface area contributed by atoms with E-state index in [4.69, 9.17) is 0 Å². The average molecular weight is 111 g/mol. The van der Waals surface area contributed by atoms with Crippen molar-refractivity contribution in [3.63, 3.8) is 0 Å². The minimum atomic E-state index is 1.35. The molecule has 0 aliphatic carbocycles. The van der Waals surface area contributed by atoms with Crippen molar-refractivity contribution in [3.05, 3.63) is 12.8 Å². The fourth-order valence-electron chi connectivity index (χ4n) is 0.165. The van der Waals surface area contributed by atoms with Crippen LogP contribution in [-0.2, 0) is 0 Å². The third-order valence-corrected chi connectivity index (χ3v) is 0.580. The molecule has 0 aliphatic rings. The van der Waals surface area contributed by atoms with E-state index in [1.165, 1.54) is 11.3 Å². The van der Waals surface area contributed by atoms with Crippen LogP contribution >= 0.6 is 0 Å². The molecule has 0 aromatic rings. The maximum Gasteiger partial charge on any atom is 0.135 e. The number of rotatable bonds is 3. The van der Waals surface area contributed by atoms with Gasteiger partial charge in [-0.2, -0.15) is 5.10 Å². The molecule has 0 bridgehead atoms. The van der Waals surface area contributed by atoms with Gasteiger partial charge in [0.25, 0.3) is 0 Å². The summed E-state index contributed by atoms with van der Waals surface area (Å²) in [5, 5.41) is 5.26. The highest BCUT2D eigenvalue weighted by molar-refractivity contribution is 5.61. The van der Waals surface area contributed by atoms with E-state index in [1.807, 2.05) is 0 Å². The number of hydrazone groups is 1. The van der Waals surface area contributed by atoms with Gasteiger partial charge >= 0.3 is 0 Å². The fraction of sp³-hybridized carbons (Fsp3) is 0.200. The lowest BCUT2D eigenvalue weighted by molar-refractivity contribution is 0.494. The molecule has 0 saturated heterocycles. The molecule has 3 heteroatoms. The Morgan fingerprint density at radius 3 is 2.62 bits per heavy atom. The molecule has 44 valence electrons. The van der Waals surface area contributed by atoms with Gasteiger partial charge in [0.2, 0.25) is 0 Å². The Morgan fingerprint density at radius 1 is 1.62 bits per heavy atom. The molecule has 0 saturated carbocycles. The van der Waals surface area contributed by atoms with Crippen LogP contribution in [0.3, 0.4) is 0 Å². The molecular formula is C5H9N3. The molecule has 0 rings (SSSR count). The van der Waals surface area contributed by atoms with E-state index in [0.29, 0.717) is 0 Å². The van der Waals surface area contributed by atoms with Crippen LogP contribution in [0.5, 0.6) is 0 Å². The number of hydrogen-bond donors (Lipinski definition) is 0. The van der Waals surface area contributed by atoms with Gasteiger partial charge in [0, 0.05) is 13.2 Å². The molecule has 0 spiro atoms. The second-order valence-corrected chi connectivity index (χ2v) is 1.17. The van der Waals surface area contributed by atoms with Crippen molar-refractivity contribution in [3.8, 4) is 0 Å². The first-order valence-electron chi connectivity index (χ1n) is 2.15. The summed E-state index contributed by atoms with van der Waals surface area (Å²) >= 11 is 0. The molecule has 0 aliphatic heterocycles. The van der Waals surface area contributed by atoms with Crippen LogP contribution < -0.4 is 0 Å². The summed E-state index contributed by atoms with van der Waals surface area (Å²) in [4.78, 5) is 3.39. The lowest BCUT2D eigenvalue weighted by atomic mass is 10.9. The largest absolute Gasteiger partial charge is 0.275 e. The molecule has 3 nitrogen and oxygen atoms in total. The molecule has 0 fully saturated rings. The lowest BCUT2D eigenvalue weighted by Crippen LogP contribution is -1.98. The highest BCUT2D eigenvalue weighted by atomic mass is 15.4. The van der Waals surface area contributed by atoms with Crippen LogP contribution in [0.25, 0.3) is 0 Å². The minimum absolute atomic E-state index is 1.35. The first-order chi connectivity index (χ1) is 3.81. The topological polar surface area (TPSA) is 28.0 Å². The van der Waals surface area contributed by atoms with Crippen LogP contribution in [0.2, 0.25) is 0 Å². The molecule has 8 heavy (non-hydrogen) atoms. The first kappa shape index (κ1) is 6.88. The summed E-state index contributed by atoms with van der Waals surface area (Å²) < 4.78 is 0. The molecular weight excluding hydrogens is 102 g/mol. The van der Waals surface area contributed by atoms with Crippen LogP contribution in [-0.4, -0.2) is 25.1 Å². The zero-order chi connectivity index (χ0) is 6.41. The van der Waals surface area contributed by atoms with Gasteiger partial charge in [0.15, 0.2) is 0 Å². The van der Waals surface area contributed by atoms with Crippen LogP contribution in [0.1, 0.15) is 0 Å². The van der Waals surface area contributed by atoms with E-state index in [0.717, 1.165) is 0 Å². The number of nitrogens with zero attached hydrogens (tertiary/aromatic N) is 3. The summed E-state index contributed by atoms with van der Waals surface area (Å²) in [6.45, 7) is 6.67. The maximum absolute atomic E-state index is 3.72. The van der Waals surface area contributed by atoms with Crippen molar-refractivity contribution >= 4 is 13.1 Å². The van der Waals surface area contributed by atoms with E-state index in [2.05, 4.69) is 23.4 Å². The Labute approximate surface area is 49.0 Å². The van der Waals surface area contributed by atoms with Crippen LogP contribution in [0.4, 0.5) is 0 Å².